The summed E-state index contributed by atoms with van der Waals surface area (Å²) in [6.45, 7) is 8.12. The summed E-state index contributed by atoms with van der Waals surface area (Å²) in [5.41, 5.74) is 1.45. The van der Waals surface area contributed by atoms with Crippen LogP contribution in [0.25, 0.3) is 0 Å². The molecule has 1 unspecified atom stereocenters. The van der Waals surface area contributed by atoms with Gasteiger partial charge in [0.05, 0.1) is 12.2 Å². The topological polar surface area (TPSA) is 24.5 Å². The molecular weight excluding hydrogens is 296 g/mol. The lowest BCUT2D eigenvalue weighted by molar-refractivity contribution is -0.0442. The molecule has 3 aliphatic rings. The first-order valence-electron chi connectivity index (χ1n) is 9.85. The highest BCUT2D eigenvalue weighted by atomic mass is 16.5. The maximum absolute atomic E-state index is 5.90. The van der Waals surface area contributed by atoms with Gasteiger partial charge in [0.15, 0.2) is 0 Å². The quantitative estimate of drug-likeness (QED) is 0.916. The molecule has 24 heavy (non-hydrogen) atoms. The maximum Gasteiger partial charge on any atom is 0.0565 e. The molecule has 2 saturated heterocycles. The standard InChI is InChI=1S/C21H32N2O/c1-15-10-19(11-16(2)24-15)22-21-9-8-18-13-23(14-20(18)21)12-17-6-4-3-5-7-17/h3-7,15-16,18-22H,8-14H2,1-2H3/t15-,16+,18-,19?,20+,21-/m1/s1. The van der Waals surface area contributed by atoms with Crippen LogP contribution in [0, 0.1) is 11.8 Å². The van der Waals surface area contributed by atoms with Crippen LogP contribution in [-0.4, -0.2) is 42.3 Å². The minimum Gasteiger partial charge on any atom is -0.375 e. The SMILES string of the molecule is C[C@@H]1CC(N[C@@H]2CC[C@@H]3CN(Cc4ccccc4)C[C@@H]32)C[C@H](C)O1. The Morgan fingerprint density at radius 3 is 2.54 bits per heavy atom. The molecule has 1 saturated carbocycles. The molecule has 1 aromatic carbocycles. The average Bonchev–Trinajstić information content (AvgIpc) is 3.09. The Morgan fingerprint density at radius 2 is 1.79 bits per heavy atom. The number of likely N-dealkylation sites (tertiary alicyclic amines) is 1. The van der Waals surface area contributed by atoms with E-state index in [-0.39, 0.29) is 0 Å². The third-order valence-corrected chi connectivity index (χ3v) is 6.33. The van der Waals surface area contributed by atoms with Gasteiger partial charge in [-0.15, -0.1) is 0 Å². The van der Waals surface area contributed by atoms with Crippen molar-refractivity contribution in [3.8, 4) is 0 Å². The third-order valence-electron chi connectivity index (χ3n) is 6.33. The van der Waals surface area contributed by atoms with Gasteiger partial charge in [0.2, 0.25) is 0 Å². The van der Waals surface area contributed by atoms with E-state index in [4.69, 9.17) is 4.74 Å². The lowest BCUT2D eigenvalue weighted by atomic mass is 9.94. The van der Waals surface area contributed by atoms with Crippen molar-refractivity contribution in [3.05, 3.63) is 35.9 Å². The van der Waals surface area contributed by atoms with Gasteiger partial charge in [0, 0.05) is 31.7 Å². The highest BCUT2D eigenvalue weighted by Gasteiger charge is 2.43. The summed E-state index contributed by atoms with van der Waals surface area (Å²) < 4.78 is 5.90. The highest BCUT2D eigenvalue weighted by molar-refractivity contribution is 5.15. The van der Waals surface area contributed by atoms with Crippen molar-refractivity contribution in [2.45, 2.75) is 70.4 Å². The van der Waals surface area contributed by atoms with Crippen LogP contribution in [-0.2, 0) is 11.3 Å². The lowest BCUT2D eigenvalue weighted by Crippen LogP contribution is -2.47. The number of ether oxygens (including phenoxy) is 1. The predicted molar refractivity (Wildman–Crippen MR) is 97.9 cm³/mol. The van der Waals surface area contributed by atoms with Gasteiger partial charge in [0.1, 0.15) is 0 Å². The average molecular weight is 329 g/mol. The number of fused-ring (bicyclic) bond motifs is 1. The van der Waals surface area contributed by atoms with E-state index in [1.54, 1.807) is 0 Å². The summed E-state index contributed by atoms with van der Waals surface area (Å²) in [5, 5.41) is 4.03. The monoisotopic (exact) mass is 328 g/mol. The van der Waals surface area contributed by atoms with Gasteiger partial charge >= 0.3 is 0 Å². The van der Waals surface area contributed by atoms with E-state index in [0.29, 0.717) is 18.2 Å². The molecule has 1 aromatic rings. The fraction of sp³-hybridized carbons (Fsp3) is 0.714. The Balaban J connectivity index is 1.33. The van der Waals surface area contributed by atoms with Gasteiger partial charge in [-0.05, 0) is 56.9 Å². The number of hydrogen-bond donors (Lipinski definition) is 1. The van der Waals surface area contributed by atoms with Gasteiger partial charge in [-0.3, -0.25) is 4.90 Å². The van der Waals surface area contributed by atoms with Crippen LogP contribution in [0.15, 0.2) is 30.3 Å². The van der Waals surface area contributed by atoms with Crippen molar-refractivity contribution < 1.29 is 4.74 Å². The normalized spacial score (nSPS) is 39.9. The molecule has 0 bridgehead atoms. The number of hydrogen-bond acceptors (Lipinski definition) is 3. The summed E-state index contributed by atoms with van der Waals surface area (Å²) in [6, 6.07) is 12.3. The molecular formula is C21H32N2O. The lowest BCUT2D eigenvalue weighted by Gasteiger charge is -2.35. The molecule has 0 spiro atoms. The van der Waals surface area contributed by atoms with Crippen LogP contribution in [0.1, 0.15) is 45.1 Å². The molecule has 1 aliphatic carbocycles. The van der Waals surface area contributed by atoms with Crippen molar-refractivity contribution >= 4 is 0 Å². The predicted octanol–water partition coefficient (Wildman–Crippen LogP) is 3.44. The van der Waals surface area contributed by atoms with E-state index in [0.717, 1.165) is 24.4 Å². The van der Waals surface area contributed by atoms with Crippen LogP contribution in [0.3, 0.4) is 0 Å². The Labute approximate surface area is 146 Å². The van der Waals surface area contributed by atoms with Crippen LogP contribution in [0.4, 0.5) is 0 Å². The zero-order valence-electron chi connectivity index (χ0n) is 15.2. The van der Waals surface area contributed by atoms with Gasteiger partial charge in [-0.25, -0.2) is 0 Å². The molecule has 1 N–H and O–H groups in total. The smallest absolute Gasteiger partial charge is 0.0565 e. The van der Waals surface area contributed by atoms with E-state index in [2.05, 4.69) is 54.4 Å². The Hall–Kier alpha value is -0.900. The summed E-state index contributed by atoms with van der Waals surface area (Å²) in [4.78, 5) is 2.67. The van der Waals surface area contributed by atoms with Crippen LogP contribution >= 0.6 is 0 Å². The number of nitrogens with one attached hydrogen (secondary N) is 1. The van der Waals surface area contributed by atoms with E-state index in [9.17, 15) is 0 Å². The van der Waals surface area contributed by atoms with Crippen molar-refractivity contribution in [2.75, 3.05) is 13.1 Å². The highest BCUT2D eigenvalue weighted by Crippen LogP contribution is 2.39. The van der Waals surface area contributed by atoms with Crippen LogP contribution in [0.2, 0.25) is 0 Å². The number of nitrogens with zero attached hydrogens (tertiary/aromatic N) is 1. The first-order chi connectivity index (χ1) is 11.7. The van der Waals surface area contributed by atoms with E-state index in [1.165, 1.54) is 44.3 Å². The van der Waals surface area contributed by atoms with Crippen molar-refractivity contribution in [1.29, 1.82) is 0 Å². The Kier molecular flexibility index (Phi) is 4.93. The van der Waals surface area contributed by atoms with Gasteiger partial charge < -0.3 is 10.1 Å². The summed E-state index contributed by atoms with van der Waals surface area (Å²) >= 11 is 0. The minimum absolute atomic E-state index is 0.404. The molecule has 0 aromatic heterocycles. The fourth-order valence-corrected chi connectivity index (χ4v) is 5.38. The van der Waals surface area contributed by atoms with Crippen LogP contribution < -0.4 is 5.32 Å². The molecule has 4 rings (SSSR count). The first-order valence-corrected chi connectivity index (χ1v) is 9.85. The van der Waals surface area contributed by atoms with E-state index in [1.807, 2.05) is 0 Å². The third kappa shape index (κ3) is 3.68. The minimum atomic E-state index is 0.404. The van der Waals surface area contributed by atoms with Crippen molar-refractivity contribution in [3.63, 3.8) is 0 Å². The zero-order chi connectivity index (χ0) is 16.5. The molecule has 2 heterocycles. The largest absolute Gasteiger partial charge is 0.375 e. The van der Waals surface area contributed by atoms with Gasteiger partial charge in [-0.2, -0.15) is 0 Å². The second-order valence-electron chi connectivity index (χ2n) is 8.38. The zero-order valence-corrected chi connectivity index (χ0v) is 15.2. The Morgan fingerprint density at radius 1 is 1.04 bits per heavy atom. The summed E-state index contributed by atoms with van der Waals surface area (Å²) in [5.74, 6) is 1.75. The first kappa shape index (κ1) is 16.6. The second kappa shape index (κ2) is 7.15. The Bertz CT molecular complexity index is 524. The number of rotatable bonds is 4. The van der Waals surface area contributed by atoms with Gasteiger partial charge in [-0.1, -0.05) is 30.3 Å². The second-order valence-corrected chi connectivity index (χ2v) is 8.38. The van der Waals surface area contributed by atoms with E-state index < -0.39 is 0 Å². The van der Waals surface area contributed by atoms with Crippen molar-refractivity contribution in [1.82, 2.24) is 10.2 Å². The molecule has 132 valence electrons. The molecule has 0 radical (unpaired) electrons. The van der Waals surface area contributed by atoms with Crippen molar-refractivity contribution in [2.24, 2.45) is 11.8 Å². The summed E-state index contributed by atoms with van der Waals surface area (Å²) in [6.07, 6.45) is 5.93. The molecule has 6 atom stereocenters. The maximum atomic E-state index is 5.90. The van der Waals surface area contributed by atoms with E-state index >= 15 is 0 Å². The molecule has 3 nitrogen and oxygen atoms in total. The fourth-order valence-electron chi connectivity index (χ4n) is 5.38. The number of benzene rings is 1. The molecule has 2 aliphatic heterocycles. The molecule has 3 fully saturated rings. The van der Waals surface area contributed by atoms with Gasteiger partial charge in [0.25, 0.3) is 0 Å². The summed E-state index contributed by atoms with van der Waals surface area (Å²) in [7, 11) is 0. The molecule has 0 amide bonds. The molecule has 3 heteroatoms. The van der Waals surface area contributed by atoms with Crippen LogP contribution in [0.5, 0.6) is 0 Å².